The van der Waals surface area contributed by atoms with Crippen molar-refractivity contribution in [3.63, 3.8) is 0 Å². The number of hydrogen-bond donors (Lipinski definition) is 2. The van der Waals surface area contributed by atoms with E-state index in [0.717, 1.165) is 18.5 Å². The number of nitrogens with two attached hydrogens (primary N) is 1. The maximum absolute atomic E-state index is 5.78. The predicted octanol–water partition coefficient (Wildman–Crippen LogP) is 2.60. The molecule has 0 saturated carbocycles. The Balaban J connectivity index is 2.28. The number of nitrogens with zero attached hydrogens (tertiary/aromatic N) is 2. The van der Waals surface area contributed by atoms with Gasteiger partial charge in [-0.3, -0.25) is 16.0 Å². The first-order chi connectivity index (χ1) is 9.30. The summed E-state index contributed by atoms with van der Waals surface area (Å²) in [4.78, 5) is 0. The molecule has 1 aromatic carbocycles. The Kier molecular flexibility index (Phi) is 4.71. The van der Waals surface area contributed by atoms with Gasteiger partial charge in [0.15, 0.2) is 0 Å². The first-order valence-electron chi connectivity index (χ1n) is 6.83. The molecule has 0 aliphatic rings. The van der Waals surface area contributed by atoms with E-state index < -0.39 is 0 Å². The summed E-state index contributed by atoms with van der Waals surface area (Å²) in [6.45, 7) is 5.14. The van der Waals surface area contributed by atoms with Gasteiger partial charge in [0.2, 0.25) is 0 Å². The fourth-order valence-corrected chi connectivity index (χ4v) is 2.52. The zero-order valence-electron chi connectivity index (χ0n) is 11.6. The van der Waals surface area contributed by atoms with Crippen LogP contribution in [0.5, 0.6) is 0 Å². The molecule has 3 N–H and O–H groups in total. The van der Waals surface area contributed by atoms with Gasteiger partial charge >= 0.3 is 0 Å². The zero-order valence-corrected chi connectivity index (χ0v) is 11.6. The van der Waals surface area contributed by atoms with Crippen molar-refractivity contribution in [2.24, 2.45) is 5.84 Å². The average Bonchev–Trinajstić information content (AvgIpc) is 2.94. The minimum Gasteiger partial charge on any atom is -0.273 e. The Bertz CT molecular complexity index is 492. The van der Waals surface area contributed by atoms with Crippen molar-refractivity contribution in [1.82, 2.24) is 15.2 Å². The van der Waals surface area contributed by atoms with Gasteiger partial charge in [0.25, 0.3) is 0 Å². The van der Waals surface area contributed by atoms with Gasteiger partial charge in [-0.1, -0.05) is 37.3 Å². The highest BCUT2D eigenvalue weighted by Gasteiger charge is 2.23. The molecule has 0 saturated heterocycles. The summed E-state index contributed by atoms with van der Waals surface area (Å²) in [7, 11) is 0. The highest BCUT2D eigenvalue weighted by molar-refractivity contribution is 5.25. The number of aryl methyl sites for hydroxylation is 1. The van der Waals surface area contributed by atoms with Crippen molar-refractivity contribution in [3.05, 3.63) is 53.9 Å². The standard InChI is InChI=1S/C15H22N4/c1-3-14(12-8-6-5-7-9-12)15(18-16)13-10-17-19(4-2)11-13/h5-11,14-15,18H,3-4,16H2,1-2H3. The molecule has 0 bridgehead atoms. The lowest BCUT2D eigenvalue weighted by Gasteiger charge is -2.25. The van der Waals surface area contributed by atoms with Crippen molar-refractivity contribution in [2.45, 2.75) is 38.8 Å². The molecule has 19 heavy (non-hydrogen) atoms. The van der Waals surface area contributed by atoms with Crippen molar-refractivity contribution >= 4 is 0 Å². The van der Waals surface area contributed by atoms with E-state index in [9.17, 15) is 0 Å². The van der Waals surface area contributed by atoms with Crippen LogP contribution in [0.4, 0.5) is 0 Å². The van der Waals surface area contributed by atoms with E-state index >= 15 is 0 Å². The number of aromatic nitrogens is 2. The summed E-state index contributed by atoms with van der Waals surface area (Å²) in [5, 5.41) is 4.34. The summed E-state index contributed by atoms with van der Waals surface area (Å²) < 4.78 is 1.93. The Labute approximate surface area is 114 Å². The number of hydrazine groups is 1. The lowest BCUT2D eigenvalue weighted by atomic mass is 9.86. The molecule has 2 unspecified atom stereocenters. The third-order valence-corrected chi connectivity index (χ3v) is 3.59. The molecule has 0 fully saturated rings. The Morgan fingerprint density at radius 3 is 2.47 bits per heavy atom. The number of hydrogen-bond acceptors (Lipinski definition) is 3. The van der Waals surface area contributed by atoms with Crippen LogP contribution in [0.3, 0.4) is 0 Å². The van der Waals surface area contributed by atoms with Crippen molar-refractivity contribution < 1.29 is 0 Å². The Hall–Kier alpha value is -1.65. The summed E-state index contributed by atoms with van der Waals surface area (Å²) in [6.07, 6.45) is 4.99. The van der Waals surface area contributed by atoms with Crippen LogP contribution in [0.25, 0.3) is 0 Å². The first-order valence-corrected chi connectivity index (χ1v) is 6.83. The normalized spacial score (nSPS) is 14.3. The molecule has 0 aliphatic heterocycles. The SMILES string of the molecule is CCC(c1ccccc1)C(NN)c1cnn(CC)c1. The third-order valence-electron chi connectivity index (χ3n) is 3.59. The monoisotopic (exact) mass is 258 g/mol. The molecule has 2 atom stereocenters. The maximum Gasteiger partial charge on any atom is 0.0559 e. The van der Waals surface area contributed by atoms with Crippen LogP contribution in [0.15, 0.2) is 42.7 Å². The van der Waals surface area contributed by atoms with Crippen molar-refractivity contribution in [3.8, 4) is 0 Å². The summed E-state index contributed by atoms with van der Waals surface area (Å²) in [5.41, 5.74) is 5.39. The van der Waals surface area contributed by atoms with E-state index in [4.69, 9.17) is 5.84 Å². The molecule has 4 heteroatoms. The molecule has 1 aromatic heterocycles. The van der Waals surface area contributed by atoms with Gasteiger partial charge in [-0.05, 0) is 18.9 Å². The highest BCUT2D eigenvalue weighted by atomic mass is 15.3. The van der Waals surface area contributed by atoms with Crippen LogP contribution in [0, 0.1) is 0 Å². The average molecular weight is 258 g/mol. The molecule has 0 radical (unpaired) electrons. The minimum absolute atomic E-state index is 0.0905. The molecule has 0 aliphatic carbocycles. The van der Waals surface area contributed by atoms with Gasteiger partial charge in [-0.2, -0.15) is 5.10 Å². The van der Waals surface area contributed by atoms with E-state index in [2.05, 4.69) is 54.8 Å². The summed E-state index contributed by atoms with van der Waals surface area (Å²) >= 11 is 0. The first kappa shape index (κ1) is 13.8. The van der Waals surface area contributed by atoms with Crippen molar-refractivity contribution in [2.75, 3.05) is 0 Å². The second kappa shape index (κ2) is 6.50. The molecule has 0 amide bonds. The second-order valence-electron chi connectivity index (χ2n) is 4.70. The number of rotatable bonds is 6. The van der Waals surface area contributed by atoms with E-state index in [1.807, 2.05) is 16.9 Å². The molecule has 102 valence electrons. The summed E-state index contributed by atoms with van der Waals surface area (Å²) in [6, 6.07) is 10.6. The summed E-state index contributed by atoms with van der Waals surface area (Å²) in [5.74, 6) is 6.13. The third kappa shape index (κ3) is 3.03. The smallest absolute Gasteiger partial charge is 0.0559 e. The van der Waals surface area contributed by atoms with E-state index in [1.165, 1.54) is 5.56 Å². The van der Waals surface area contributed by atoms with Crippen molar-refractivity contribution in [1.29, 1.82) is 0 Å². The van der Waals surface area contributed by atoms with Crippen LogP contribution in [0.1, 0.15) is 43.4 Å². The molecular formula is C15H22N4. The fourth-order valence-electron chi connectivity index (χ4n) is 2.52. The van der Waals surface area contributed by atoms with Gasteiger partial charge in [0, 0.05) is 24.2 Å². The van der Waals surface area contributed by atoms with Crippen LogP contribution < -0.4 is 11.3 Å². The molecule has 1 heterocycles. The largest absolute Gasteiger partial charge is 0.273 e. The Morgan fingerprint density at radius 2 is 1.95 bits per heavy atom. The molecule has 0 spiro atoms. The predicted molar refractivity (Wildman–Crippen MR) is 77.4 cm³/mol. The molecule has 2 rings (SSSR count). The fraction of sp³-hybridized carbons (Fsp3) is 0.400. The van der Waals surface area contributed by atoms with Gasteiger partial charge in [-0.25, -0.2) is 0 Å². The maximum atomic E-state index is 5.78. The Morgan fingerprint density at radius 1 is 1.21 bits per heavy atom. The van der Waals surface area contributed by atoms with E-state index in [-0.39, 0.29) is 6.04 Å². The number of nitrogens with one attached hydrogen (secondary N) is 1. The van der Waals surface area contributed by atoms with Crippen LogP contribution in [-0.2, 0) is 6.54 Å². The minimum atomic E-state index is 0.0905. The van der Waals surface area contributed by atoms with Gasteiger partial charge in [-0.15, -0.1) is 0 Å². The van der Waals surface area contributed by atoms with Crippen LogP contribution >= 0.6 is 0 Å². The lowest BCUT2D eigenvalue weighted by molar-refractivity contribution is 0.444. The quantitative estimate of drug-likeness (QED) is 0.618. The van der Waals surface area contributed by atoms with Gasteiger partial charge < -0.3 is 0 Å². The molecular weight excluding hydrogens is 236 g/mol. The van der Waals surface area contributed by atoms with Crippen LogP contribution in [0.2, 0.25) is 0 Å². The lowest BCUT2D eigenvalue weighted by Crippen LogP contribution is -2.32. The topological polar surface area (TPSA) is 55.9 Å². The molecule has 2 aromatic rings. The second-order valence-corrected chi connectivity index (χ2v) is 4.70. The number of benzene rings is 1. The highest BCUT2D eigenvalue weighted by Crippen LogP contribution is 2.32. The van der Waals surface area contributed by atoms with Gasteiger partial charge in [0.1, 0.15) is 0 Å². The van der Waals surface area contributed by atoms with Crippen LogP contribution in [-0.4, -0.2) is 9.78 Å². The van der Waals surface area contributed by atoms with E-state index in [0.29, 0.717) is 5.92 Å². The van der Waals surface area contributed by atoms with E-state index in [1.54, 1.807) is 0 Å². The van der Waals surface area contributed by atoms with Gasteiger partial charge in [0.05, 0.1) is 12.2 Å². The zero-order chi connectivity index (χ0) is 13.7. The molecule has 4 nitrogen and oxygen atoms in total.